The number of phenols is 1. The van der Waals surface area contributed by atoms with Crippen LogP contribution in [0.25, 0.3) is 0 Å². The van der Waals surface area contributed by atoms with Gasteiger partial charge in [0.25, 0.3) is 0 Å². The molecule has 1 atom stereocenters. The van der Waals surface area contributed by atoms with Crippen LogP contribution in [0, 0.1) is 14.3 Å². The van der Waals surface area contributed by atoms with Crippen LogP contribution in [-0.4, -0.2) is 34.7 Å². The predicted octanol–water partition coefficient (Wildman–Crippen LogP) is 6.53. The summed E-state index contributed by atoms with van der Waals surface area (Å²) in [4.78, 5) is 16.4. The summed E-state index contributed by atoms with van der Waals surface area (Å²) in [6.45, 7) is 5.27. The Labute approximate surface area is 235 Å². The predicted molar refractivity (Wildman–Crippen MR) is 151 cm³/mol. The number of phenolic OH excluding ortho intramolecular Hbond substituents is 1. The van der Waals surface area contributed by atoms with Crippen LogP contribution in [0.1, 0.15) is 26.3 Å². The fourth-order valence-electron chi connectivity index (χ4n) is 2.55. The van der Waals surface area contributed by atoms with Crippen molar-refractivity contribution in [3.8, 4) is 17.2 Å². The van der Waals surface area contributed by atoms with E-state index < -0.39 is 17.7 Å². The summed E-state index contributed by atoms with van der Waals surface area (Å²) in [6.07, 6.45) is -0.142. The molecule has 0 heterocycles. The third-order valence-electron chi connectivity index (χ3n) is 3.75. The van der Waals surface area contributed by atoms with Crippen molar-refractivity contribution in [3.05, 3.63) is 44.1 Å². The van der Waals surface area contributed by atoms with E-state index in [1.807, 2.05) is 12.1 Å². The fraction of sp³-hybridized carbons (Fsp3) is 0.350. The Morgan fingerprint density at radius 1 is 1.03 bits per heavy atom. The lowest BCUT2D eigenvalue weighted by molar-refractivity contribution is -0.246. The van der Waals surface area contributed by atoms with Crippen molar-refractivity contribution in [2.45, 2.75) is 38.8 Å². The maximum absolute atomic E-state index is 12.1. The molecule has 170 valence electrons. The van der Waals surface area contributed by atoms with E-state index in [1.165, 1.54) is 0 Å². The van der Waals surface area contributed by atoms with Gasteiger partial charge in [-0.2, -0.15) is 0 Å². The second-order valence-electron chi connectivity index (χ2n) is 7.57. The summed E-state index contributed by atoms with van der Waals surface area (Å²) in [5.74, 6) is 1.58. The molecule has 0 fully saturated rings. The lowest BCUT2D eigenvalue weighted by Crippen LogP contribution is -2.42. The number of benzene rings is 2. The zero-order valence-electron chi connectivity index (χ0n) is 16.8. The van der Waals surface area contributed by atoms with Crippen molar-refractivity contribution in [3.63, 3.8) is 0 Å². The van der Waals surface area contributed by atoms with E-state index in [0.717, 1.165) is 12.7 Å². The minimum Gasteiger partial charge on any atom is -0.506 e. The highest BCUT2D eigenvalue weighted by Gasteiger charge is 2.21. The van der Waals surface area contributed by atoms with Crippen molar-refractivity contribution < 1.29 is 29.5 Å². The summed E-state index contributed by atoms with van der Waals surface area (Å²) in [6, 6.07) is 6.98. The number of rotatable bonds is 7. The van der Waals surface area contributed by atoms with Crippen LogP contribution < -0.4 is 10.1 Å². The lowest BCUT2D eigenvalue weighted by atomic mass is 10.1. The van der Waals surface area contributed by atoms with Crippen LogP contribution in [0.4, 0.5) is 4.79 Å². The van der Waals surface area contributed by atoms with E-state index in [1.54, 1.807) is 32.9 Å². The molecule has 0 aliphatic carbocycles. The summed E-state index contributed by atoms with van der Waals surface area (Å²) >= 11 is 8.52. The summed E-state index contributed by atoms with van der Waals surface area (Å²) in [5.41, 5.74) is 0.316. The Morgan fingerprint density at radius 3 is 2.06 bits per heavy atom. The maximum atomic E-state index is 12.1. The van der Waals surface area contributed by atoms with Gasteiger partial charge in [0.1, 0.15) is 23.7 Å². The molecule has 0 bridgehead atoms. The zero-order chi connectivity index (χ0) is 23.3. The molecular weight excluding hydrogens is 858 g/mol. The van der Waals surface area contributed by atoms with Crippen molar-refractivity contribution in [1.29, 1.82) is 0 Å². The van der Waals surface area contributed by atoms with Crippen molar-refractivity contribution in [2.24, 2.45) is 0 Å². The standard InChI is InChI=1S/C20H21I4NO6/c1-20(2,3)31-19(27)25-11(9-29-28)4-10-5-15(23)18(16(24)6-10)30-12-7-13(21)17(26)14(22)8-12/h5-8,11,26,28H,4,9H2,1-3H3,(H,25,27). The lowest BCUT2D eigenvalue weighted by Gasteiger charge is -2.23. The van der Waals surface area contributed by atoms with Crippen molar-refractivity contribution in [1.82, 2.24) is 5.32 Å². The first kappa shape index (κ1) is 27.4. The first-order chi connectivity index (χ1) is 14.4. The number of carbonyl (C=O) groups is 1. The van der Waals surface area contributed by atoms with Crippen LogP contribution in [0.3, 0.4) is 0 Å². The van der Waals surface area contributed by atoms with E-state index in [0.29, 0.717) is 25.1 Å². The van der Waals surface area contributed by atoms with Gasteiger partial charge in [-0.1, -0.05) is 0 Å². The van der Waals surface area contributed by atoms with E-state index in [-0.39, 0.29) is 12.4 Å². The molecule has 1 amide bonds. The molecule has 0 radical (unpaired) electrons. The van der Waals surface area contributed by atoms with Gasteiger partial charge in [0, 0.05) is 0 Å². The molecule has 0 aromatic heterocycles. The molecule has 2 rings (SSSR count). The molecule has 1 unspecified atom stereocenters. The normalized spacial score (nSPS) is 12.4. The van der Waals surface area contributed by atoms with Gasteiger partial charge in [-0.15, -0.1) is 0 Å². The summed E-state index contributed by atoms with van der Waals surface area (Å²) in [7, 11) is 0. The Bertz CT molecular complexity index is 902. The third kappa shape index (κ3) is 8.78. The first-order valence-electron chi connectivity index (χ1n) is 8.99. The molecule has 0 spiro atoms. The van der Waals surface area contributed by atoms with E-state index in [4.69, 9.17) is 14.7 Å². The summed E-state index contributed by atoms with van der Waals surface area (Å²) in [5, 5.41) is 21.6. The topological polar surface area (TPSA) is 97.3 Å². The zero-order valence-corrected chi connectivity index (χ0v) is 25.5. The van der Waals surface area contributed by atoms with Crippen LogP contribution in [0.15, 0.2) is 24.3 Å². The van der Waals surface area contributed by atoms with Gasteiger partial charge >= 0.3 is 6.09 Å². The SMILES string of the molecule is CC(C)(C)OC(=O)NC(COO)Cc1cc(I)c(Oc2cc(I)c(O)c(I)c2)c(I)c1. The molecule has 0 saturated carbocycles. The van der Waals surface area contributed by atoms with E-state index in [9.17, 15) is 9.90 Å². The third-order valence-corrected chi connectivity index (χ3v) is 6.99. The number of carbonyl (C=O) groups excluding carboxylic acids is 1. The number of ether oxygens (including phenoxy) is 2. The van der Waals surface area contributed by atoms with Gasteiger partial charge in [0.2, 0.25) is 0 Å². The highest BCUT2D eigenvalue weighted by molar-refractivity contribution is 14.1. The largest absolute Gasteiger partial charge is 0.506 e. The molecule has 0 saturated heterocycles. The summed E-state index contributed by atoms with van der Waals surface area (Å²) < 4.78 is 14.6. The number of alkyl carbamates (subject to hydrolysis) is 1. The second kappa shape index (κ2) is 12.0. The molecule has 2 aromatic carbocycles. The van der Waals surface area contributed by atoms with Crippen molar-refractivity contribution >= 4 is 96.5 Å². The van der Waals surface area contributed by atoms with Gasteiger partial charge in [-0.05, 0) is 147 Å². The second-order valence-corrected chi connectivity index (χ2v) is 12.2. The Kier molecular flexibility index (Phi) is 10.6. The molecule has 2 aromatic rings. The maximum Gasteiger partial charge on any atom is 0.407 e. The van der Waals surface area contributed by atoms with Crippen LogP contribution >= 0.6 is 90.4 Å². The van der Waals surface area contributed by atoms with Gasteiger partial charge < -0.3 is 19.9 Å². The van der Waals surface area contributed by atoms with Gasteiger partial charge in [-0.25, -0.2) is 9.68 Å². The molecule has 3 N–H and O–H groups in total. The average molecular weight is 879 g/mol. The van der Waals surface area contributed by atoms with E-state index in [2.05, 4.69) is 101 Å². The van der Waals surface area contributed by atoms with Crippen molar-refractivity contribution in [2.75, 3.05) is 6.61 Å². The molecule has 31 heavy (non-hydrogen) atoms. The van der Waals surface area contributed by atoms with E-state index >= 15 is 0 Å². The number of nitrogens with one attached hydrogen (secondary N) is 1. The van der Waals surface area contributed by atoms with Gasteiger partial charge in [-0.3, -0.25) is 5.26 Å². The van der Waals surface area contributed by atoms with Crippen LogP contribution in [-0.2, 0) is 16.0 Å². The molecule has 11 heteroatoms. The van der Waals surface area contributed by atoms with Crippen LogP contribution in [0.2, 0.25) is 0 Å². The monoisotopic (exact) mass is 879 g/mol. The van der Waals surface area contributed by atoms with Gasteiger partial charge in [0.15, 0.2) is 5.75 Å². The first-order valence-corrected chi connectivity index (χ1v) is 13.3. The molecular formula is C20H21I4NO6. The Morgan fingerprint density at radius 2 is 1.58 bits per heavy atom. The number of hydrogen-bond donors (Lipinski definition) is 3. The average Bonchev–Trinajstić information content (AvgIpc) is 2.61. The highest BCUT2D eigenvalue weighted by atomic mass is 127. The number of hydrogen-bond acceptors (Lipinski definition) is 6. The highest BCUT2D eigenvalue weighted by Crippen LogP contribution is 2.37. The quantitative estimate of drug-likeness (QED) is 0.167. The number of aromatic hydroxyl groups is 1. The van der Waals surface area contributed by atoms with Gasteiger partial charge in [0.05, 0.1) is 20.3 Å². The molecule has 0 aliphatic heterocycles. The minimum atomic E-state index is -0.623. The Hall–Kier alpha value is 0.150. The molecule has 0 aliphatic rings. The number of halogens is 4. The fourth-order valence-corrected chi connectivity index (χ4v) is 6.38. The smallest absolute Gasteiger partial charge is 0.407 e. The minimum absolute atomic E-state index is 0.0744. The number of amides is 1. The Balaban J connectivity index is 2.18. The van der Waals surface area contributed by atoms with Crippen LogP contribution in [0.5, 0.6) is 17.2 Å². The molecule has 7 nitrogen and oxygen atoms in total.